The van der Waals surface area contributed by atoms with Crippen LogP contribution in [0.25, 0.3) is 0 Å². The molecule has 0 saturated heterocycles. The molecule has 3 nitrogen and oxygen atoms in total. The van der Waals surface area contributed by atoms with Gasteiger partial charge in [0, 0.05) is 10.0 Å². The number of halogens is 1. The number of hydrogen-bond acceptors (Lipinski definition) is 2. The van der Waals surface area contributed by atoms with Crippen molar-refractivity contribution < 1.29 is 14.7 Å². The molecule has 80 valence electrons. The van der Waals surface area contributed by atoms with E-state index in [4.69, 9.17) is 5.11 Å². The third-order valence-corrected chi connectivity index (χ3v) is 2.68. The van der Waals surface area contributed by atoms with Crippen LogP contribution >= 0.6 is 15.9 Å². The summed E-state index contributed by atoms with van der Waals surface area (Å²) in [5, 5.41) is 8.91. The van der Waals surface area contributed by atoms with Crippen LogP contribution < -0.4 is 0 Å². The Bertz CT molecular complexity index is 410. The molecule has 15 heavy (non-hydrogen) atoms. The highest BCUT2D eigenvalue weighted by atomic mass is 79.9. The first kappa shape index (κ1) is 11.9. The summed E-state index contributed by atoms with van der Waals surface area (Å²) in [5.74, 6) is -1.51. The Morgan fingerprint density at radius 3 is 2.40 bits per heavy atom. The van der Waals surface area contributed by atoms with Gasteiger partial charge in [-0.05, 0) is 26.0 Å². The van der Waals surface area contributed by atoms with Crippen LogP contribution in [-0.2, 0) is 4.79 Å². The van der Waals surface area contributed by atoms with Crippen molar-refractivity contribution in [2.24, 2.45) is 5.41 Å². The van der Waals surface area contributed by atoms with Crippen molar-refractivity contribution in [2.75, 3.05) is 0 Å². The van der Waals surface area contributed by atoms with E-state index >= 15 is 0 Å². The topological polar surface area (TPSA) is 54.4 Å². The standard InChI is InChI=1S/C11H11BrO3/c1-11(2,10(14)15)9(13)7-4-3-5-8(12)6-7/h3-6H,1-2H3,(H,14,15). The van der Waals surface area contributed by atoms with Crippen LogP contribution in [0, 0.1) is 5.41 Å². The largest absolute Gasteiger partial charge is 0.481 e. The van der Waals surface area contributed by atoms with Crippen LogP contribution in [0.1, 0.15) is 24.2 Å². The maximum Gasteiger partial charge on any atom is 0.316 e. The third kappa shape index (κ3) is 2.45. The van der Waals surface area contributed by atoms with E-state index in [9.17, 15) is 9.59 Å². The molecule has 0 aromatic heterocycles. The van der Waals surface area contributed by atoms with E-state index < -0.39 is 17.2 Å². The van der Waals surface area contributed by atoms with Crippen molar-refractivity contribution in [1.29, 1.82) is 0 Å². The molecule has 4 heteroatoms. The number of aliphatic carboxylic acids is 1. The Morgan fingerprint density at radius 2 is 1.93 bits per heavy atom. The number of carboxylic acids is 1. The molecular formula is C11H11BrO3. The Balaban J connectivity index is 3.10. The third-order valence-electron chi connectivity index (χ3n) is 2.19. The number of carboxylic acid groups (broad SMARTS) is 1. The summed E-state index contributed by atoms with van der Waals surface area (Å²) < 4.78 is 0.759. The maximum atomic E-state index is 11.9. The fraction of sp³-hybridized carbons (Fsp3) is 0.273. The van der Waals surface area contributed by atoms with Crippen molar-refractivity contribution >= 4 is 27.7 Å². The minimum absolute atomic E-state index is 0.392. The number of Topliss-reactive ketones (excluding diaryl/α,β-unsaturated/α-hetero) is 1. The van der Waals surface area contributed by atoms with Crippen LogP contribution in [0.15, 0.2) is 28.7 Å². The van der Waals surface area contributed by atoms with E-state index in [1.54, 1.807) is 24.3 Å². The highest BCUT2D eigenvalue weighted by molar-refractivity contribution is 9.10. The second-order valence-electron chi connectivity index (χ2n) is 3.77. The van der Waals surface area contributed by atoms with E-state index in [0.29, 0.717) is 5.56 Å². The van der Waals surface area contributed by atoms with Gasteiger partial charge in [-0.2, -0.15) is 0 Å². The average molecular weight is 271 g/mol. The number of rotatable bonds is 3. The lowest BCUT2D eigenvalue weighted by atomic mass is 9.84. The molecule has 0 aliphatic rings. The second-order valence-corrected chi connectivity index (χ2v) is 4.69. The lowest BCUT2D eigenvalue weighted by molar-refractivity contribution is -0.144. The Hall–Kier alpha value is -1.16. The van der Waals surface area contributed by atoms with Gasteiger partial charge in [0.25, 0.3) is 0 Å². The van der Waals surface area contributed by atoms with Crippen LogP contribution in [0.3, 0.4) is 0 Å². The first-order valence-corrected chi connectivity index (χ1v) is 5.19. The van der Waals surface area contributed by atoms with Crippen molar-refractivity contribution in [3.05, 3.63) is 34.3 Å². The zero-order valence-electron chi connectivity index (χ0n) is 8.45. The quantitative estimate of drug-likeness (QED) is 0.679. The zero-order chi connectivity index (χ0) is 11.6. The Morgan fingerprint density at radius 1 is 1.33 bits per heavy atom. The first-order valence-electron chi connectivity index (χ1n) is 4.39. The minimum atomic E-state index is -1.39. The van der Waals surface area contributed by atoms with Gasteiger partial charge in [0.05, 0.1) is 0 Å². The van der Waals surface area contributed by atoms with Gasteiger partial charge in [-0.1, -0.05) is 28.1 Å². The lowest BCUT2D eigenvalue weighted by Gasteiger charge is -2.17. The molecule has 0 saturated carbocycles. The Labute approximate surface area is 96.2 Å². The molecule has 0 aliphatic heterocycles. The Kier molecular flexibility index (Phi) is 3.29. The fourth-order valence-corrected chi connectivity index (χ4v) is 1.49. The summed E-state index contributed by atoms with van der Waals surface area (Å²) in [6.07, 6.45) is 0. The van der Waals surface area contributed by atoms with Gasteiger partial charge in [-0.3, -0.25) is 9.59 Å². The van der Waals surface area contributed by atoms with Crippen molar-refractivity contribution in [1.82, 2.24) is 0 Å². The number of carbonyl (C=O) groups excluding carboxylic acids is 1. The normalized spacial score (nSPS) is 11.1. The fourth-order valence-electron chi connectivity index (χ4n) is 1.09. The molecule has 0 amide bonds. The number of carbonyl (C=O) groups is 2. The van der Waals surface area contributed by atoms with Crippen molar-refractivity contribution in [2.45, 2.75) is 13.8 Å². The highest BCUT2D eigenvalue weighted by Crippen LogP contribution is 2.23. The van der Waals surface area contributed by atoms with Gasteiger partial charge < -0.3 is 5.11 Å². The number of ketones is 1. The molecule has 0 bridgehead atoms. The number of benzene rings is 1. The summed E-state index contributed by atoms with van der Waals surface area (Å²) in [7, 11) is 0. The highest BCUT2D eigenvalue weighted by Gasteiger charge is 2.36. The average Bonchev–Trinajstić information content (AvgIpc) is 2.16. The molecular weight excluding hydrogens is 260 g/mol. The van der Waals surface area contributed by atoms with E-state index in [2.05, 4.69) is 15.9 Å². The van der Waals surface area contributed by atoms with E-state index in [1.165, 1.54) is 13.8 Å². The molecule has 0 atom stereocenters. The smallest absolute Gasteiger partial charge is 0.316 e. The summed E-state index contributed by atoms with van der Waals surface area (Å²) in [5.41, 5.74) is -0.988. The molecule has 0 fully saturated rings. The molecule has 1 aromatic rings. The van der Waals surface area contributed by atoms with Gasteiger partial charge in [0.15, 0.2) is 5.78 Å². The van der Waals surface area contributed by atoms with E-state index in [0.717, 1.165) is 4.47 Å². The molecule has 0 heterocycles. The summed E-state index contributed by atoms with van der Waals surface area (Å²) >= 11 is 3.23. The minimum Gasteiger partial charge on any atom is -0.481 e. The van der Waals surface area contributed by atoms with E-state index in [1.807, 2.05) is 0 Å². The molecule has 1 aromatic carbocycles. The van der Waals surface area contributed by atoms with Crippen molar-refractivity contribution in [3.63, 3.8) is 0 Å². The number of hydrogen-bond donors (Lipinski definition) is 1. The second kappa shape index (κ2) is 4.14. The van der Waals surface area contributed by atoms with Gasteiger partial charge >= 0.3 is 5.97 Å². The maximum absolute atomic E-state index is 11.9. The predicted octanol–water partition coefficient (Wildman–Crippen LogP) is 2.74. The first-order chi connectivity index (χ1) is 6.85. The van der Waals surface area contributed by atoms with Gasteiger partial charge in [0.1, 0.15) is 5.41 Å². The van der Waals surface area contributed by atoms with Crippen LogP contribution in [0.5, 0.6) is 0 Å². The zero-order valence-corrected chi connectivity index (χ0v) is 10.0. The van der Waals surface area contributed by atoms with Crippen LogP contribution in [0.4, 0.5) is 0 Å². The molecule has 1 rings (SSSR count). The SMILES string of the molecule is CC(C)(C(=O)O)C(=O)c1cccc(Br)c1. The van der Waals surface area contributed by atoms with Crippen LogP contribution in [0.2, 0.25) is 0 Å². The lowest BCUT2D eigenvalue weighted by Crippen LogP contribution is -2.33. The van der Waals surface area contributed by atoms with Crippen molar-refractivity contribution in [3.8, 4) is 0 Å². The molecule has 0 radical (unpaired) electrons. The molecule has 0 aliphatic carbocycles. The molecule has 1 N–H and O–H groups in total. The van der Waals surface area contributed by atoms with Gasteiger partial charge in [0.2, 0.25) is 0 Å². The monoisotopic (exact) mass is 270 g/mol. The predicted molar refractivity (Wildman–Crippen MR) is 59.9 cm³/mol. The van der Waals surface area contributed by atoms with Crippen LogP contribution in [-0.4, -0.2) is 16.9 Å². The van der Waals surface area contributed by atoms with Gasteiger partial charge in [-0.15, -0.1) is 0 Å². The van der Waals surface area contributed by atoms with Gasteiger partial charge in [-0.25, -0.2) is 0 Å². The molecule has 0 spiro atoms. The van der Waals surface area contributed by atoms with E-state index in [-0.39, 0.29) is 0 Å². The molecule has 0 unspecified atom stereocenters. The summed E-state index contributed by atoms with van der Waals surface area (Å²) in [6, 6.07) is 6.71. The summed E-state index contributed by atoms with van der Waals surface area (Å²) in [4.78, 5) is 22.7. The summed E-state index contributed by atoms with van der Waals surface area (Å²) in [6.45, 7) is 2.80.